The Hall–Kier alpha value is -1.56. The molecule has 0 aliphatic carbocycles. The molecule has 0 saturated carbocycles. The van der Waals surface area contributed by atoms with Crippen LogP contribution in [0, 0.1) is 0 Å². The number of hydrogen-bond acceptors (Lipinski definition) is 3. The number of halogens is 1. The van der Waals surface area contributed by atoms with Crippen LogP contribution in [0.2, 0.25) is 0 Å². The monoisotopic (exact) mass is 286 g/mol. The van der Waals surface area contributed by atoms with Gasteiger partial charge in [0.05, 0.1) is 12.3 Å². The summed E-state index contributed by atoms with van der Waals surface area (Å²) in [6, 6.07) is 5.77. The van der Waals surface area contributed by atoms with Crippen molar-refractivity contribution in [2.75, 3.05) is 11.5 Å². The molecule has 5 nitrogen and oxygen atoms in total. The third-order valence-corrected chi connectivity index (χ3v) is 2.23. The van der Waals surface area contributed by atoms with Crippen LogP contribution in [0.25, 0.3) is 0 Å². The Kier molecular flexibility index (Phi) is 4.30. The highest BCUT2D eigenvalue weighted by Gasteiger charge is 2.22. The molecule has 0 aromatic heterocycles. The number of imide groups is 1. The van der Waals surface area contributed by atoms with Crippen molar-refractivity contribution < 1.29 is 14.3 Å². The summed E-state index contributed by atoms with van der Waals surface area (Å²) in [6.07, 6.45) is -0.784. The highest BCUT2D eigenvalue weighted by molar-refractivity contribution is 9.10. The van der Waals surface area contributed by atoms with Crippen LogP contribution < -0.4 is 10.6 Å². The summed E-state index contributed by atoms with van der Waals surface area (Å²) in [5, 5.41) is 0. The van der Waals surface area contributed by atoms with E-state index in [9.17, 15) is 9.59 Å². The number of nitrogens with two attached hydrogens (primary N) is 1. The standard InChI is InChI=1S/C10H11BrN2O3/c1-2-16-10(15)13(9(12)14)8-5-3-4-7(11)6-8/h3-6H,2H2,1H3,(H2,12,14). The molecule has 0 radical (unpaired) electrons. The van der Waals surface area contributed by atoms with E-state index in [1.54, 1.807) is 31.2 Å². The molecule has 0 bridgehead atoms. The van der Waals surface area contributed by atoms with Crippen molar-refractivity contribution in [1.29, 1.82) is 0 Å². The summed E-state index contributed by atoms with van der Waals surface area (Å²) < 4.78 is 5.47. The van der Waals surface area contributed by atoms with Gasteiger partial charge in [-0.3, -0.25) is 0 Å². The Morgan fingerprint density at radius 2 is 2.19 bits per heavy atom. The molecule has 0 aliphatic rings. The summed E-state index contributed by atoms with van der Waals surface area (Å²) in [4.78, 5) is 23.4. The van der Waals surface area contributed by atoms with E-state index in [1.165, 1.54) is 0 Å². The minimum atomic E-state index is -0.878. The van der Waals surface area contributed by atoms with Crippen LogP contribution in [0.15, 0.2) is 28.7 Å². The van der Waals surface area contributed by atoms with Crippen LogP contribution in [0.1, 0.15) is 6.92 Å². The highest BCUT2D eigenvalue weighted by atomic mass is 79.9. The fraction of sp³-hybridized carbons (Fsp3) is 0.200. The van der Waals surface area contributed by atoms with E-state index >= 15 is 0 Å². The molecule has 0 unspecified atom stereocenters. The number of benzene rings is 1. The van der Waals surface area contributed by atoms with Crippen molar-refractivity contribution in [3.8, 4) is 0 Å². The van der Waals surface area contributed by atoms with Gasteiger partial charge in [0, 0.05) is 4.47 Å². The molecule has 0 fully saturated rings. The first-order valence-corrected chi connectivity index (χ1v) is 5.37. The molecule has 0 aliphatic heterocycles. The number of nitrogens with zero attached hydrogens (tertiary/aromatic N) is 1. The summed E-state index contributed by atoms with van der Waals surface area (Å²) >= 11 is 3.24. The molecule has 6 heteroatoms. The second kappa shape index (κ2) is 5.50. The van der Waals surface area contributed by atoms with Gasteiger partial charge in [-0.2, -0.15) is 4.90 Å². The summed E-state index contributed by atoms with van der Waals surface area (Å²) in [5.41, 5.74) is 5.48. The van der Waals surface area contributed by atoms with Gasteiger partial charge in [0.1, 0.15) is 0 Å². The smallest absolute Gasteiger partial charge is 0.422 e. The van der Waals surface area contributed by atoms with E-state index < -0.39 is 12.1 Å². The minimum Gasteiger partial charge on any atom is -0.449 e. The average Bonchev–Trinajstić information content (AvgIpc) is 2.17. The Bertz CT molecular complexity index is 409. The van der Waals surface area contributed by atoms with E-state index in [0.29, 0.717) is 5.69 Å². The molecule has 0 heterocycles. The quantitative estimate of drug-likeness (QED) is 0.908. The summed E-state index contributed by atoms with van der Waals surface area (Å²) in [7, 11) is 0. The van der Waals surface area contributed by atoms with Crippen molar-refractivity contribution in [3.63, 3.8) is 0 Å². The first-order chi connectivity index (χ1) is 7.56. The fourth-order valence-corrected chi connectivity index (χ4v) is 1.51. The summed E-state index contributed by atoms with van der Waals surface area (Å²) in [5.74, 6) is 0. The molecule has 16 heavy (non-hydrogen) atoms. The van der Waals surface area contributed by atoms with Gasteiger partial charge in [0.2, 0.25) is 0 Å². The molecule has 1 aromatic rings. The molecule has 0 saturated heterocycles. The number of anilines is 1. The maximum absolute atomic E-state index is 11.5. The van der Waals surface area contributed by atoms with E-state index in [2.05, 4.69) is 15.9 Å². The fourth-order valence-electron chi connectivity index (χ4n) is 1.13. The second-order valence-electron chi connectivity index (χ2n) is 2.85. The van der Waals surface area contributed by atoms with Gasteiger partial charge in [0.15, 0.2) is 0 Å². The van der Waals surface area contributed by atoms with Crippen molar-refractivity contribution in [3.05, 3.63) is 28.7 Å². The number of rotatable bonds is 2. The van der Waals surface area contributed by atoms with Gasteiger partial charge < -0.3 is 10.5 Å². The maximum atomic E-state index is 11.5. The van der Waals surface area contributed by atoms with E-state index in [4.69, 9.17) is 10.5 Å². The molecule has 1 rings (SSSR count). The highest BCUT2D eigenvalue weighted by Crippen LogP contribution is 2.20. The van der Waals surface area contributed by atoms with Gasteiger partial charge in [-0.15, -0.1) is 0 Å². The van der Waals surface area contributed by atoms with Gasteiger partial charge >= 0.3 is 12.1 Å². The Morgan fingerprint density at radius 3 is 2.69 bits per heavy atom. The molecule has 3 amide bonds. The lowest BCUT2D eigenvalue weighted by molar-refractivity contribution is 0.160. The van der Waals surface area contributed by atoms with Gasteiger partial charge in [-0.05, 0) is 25.1 Å². The molecule has 0 atom stereocenters. The largest absolute Gasteiger partial charge is 0.449 e. The number of ether oxygens (including phenoxy) is 1. The average molecular weight is 287 g/mol. The van der Waals surface area contributed by atoms with Crippen LogP contribution >= 0.6 is 15.9 Å². The zero-order chi connectivity index (χ0) is 12.1. The third kappa shape index (κ3) is 2.96. The van der Waals surface area contributed by atoms with Gasteiger partial charge in [-0.25, -0.2) is 9.59 Å². The normalized spacial score (nSPS) is 9.62. The van der Waals surface area contributed by atoms with Gasteiger partial charge in [-0.1, -0.05) is 22.0 Å². The lowest BCUT2D eigenvalue weighted by atomic mass is 10.3. The van der Waals surface area contributed by atoms with Crippen molar-refractivity contribution in [2.24, 2.45) is 5.73 Å². The van der Waals surface area contributed by atoms with E-state index in [0.717, 1.165) is 9.37 Å². The topological polar surface area (TPSA) is 72.6 Å². The van der Waals surface area contributed by atoms with Gasteiger partial charge in [0.25, 0.3) is 0 Å². The lowest BCUT2D eigenvalue weighted by Crippen LogP contribution is -2.41. The van der Waals surface area contributed by atoms with Crippen molar-refractivity contribution >= 4 is 33.7 Å². The lowest BCUT2D eigenvalue weighted by Gasteiger charge is -2.17. The number of carbonyl (C=O) groups is 2. The molecule has 0 spiro atoms. The Labute approximate surface area is 101 Å². The first-order valence-electron chi connectivity index (χ1n) is 4.58. The van der Waals surface area contributed by atoms with Crippen LogP contribution in [-0.2, 0) is 4.74 Å². The molecule has 2 N–H and O–H groups in total. The zero-order valence-corrected chi connectivity index (χ0v) is 10.2. The van der Waals surface area contributed by atoms with Crippen LogP contribution in [0.4, 0.5) is 15.3 Å². The Morgan fingerprint density at radius 1 is 1.50 bits per heavy atom. The zero-order valence-electron chi connectivity index (χ0n) is 8.64. The van der Waals surface area contributed by atoms with Crippen LogP contribution in [0.5, 0.6) is 0 Å². The Balaban J connectivity index is 3.03. The van der Waals surface area contributed by atoms with Crippen molar-refractivity contribution in [1.82, 2.24) is 0 Å². The molecule has 1 aromatic carbocycles. The number of urea groups is 1. The minimum absolute atomic E-state index is 0.177. The summed E-state index contributed by atoms with van der Waals surface area (Å²) in [6.45, 7) is 1.83. The number of carbonyl (C=O) groups excluding carboxylic acids is 2. The van der Waals surface area contributed by atoms with Crippen LogP contribution in [0.3, 0.4) is 0 Å². The first kappa shape index (κ1) is 12.5. The van der Waals surface area contributed by atoms with E-state index in [-0.39, 0.29) is 6.61 Å². The molecular formula is C10H11BrN2O3. The maximum Gasteiger partial charge on any atom is 0.422 e. The third-order valence-electron chi connectivity index (χ3n) is 1.74. The van der Waals surface area contributed by atoms with Crippen molar-refractivity contribution in [2.45, 2.75) is 6.92 Å². The predicted octanol–water partition coefficient (Wildman–Crippen LogP) is 2.49. The van der Waals surface area contributed by atoms with E-state index in [1.807, 2.05) is 0 Å². The number of hydrogen-bond donors (Lipinski definition) is 1. The predicted molar refractivity (Wildman–Crippen MR) is 63.2 cm³/mol. The number of primary amides is 1. The van der Waals surface area contributed by atoms with Crippen LogP contribution in [-0.4, -0.2) is 18.7 Å². The molecular weight excluding hydrogens is 276 g/mol. The molecule has 86 valence electrons. The second-order valence-corrected chi connectivity index (χ2v) is 3.77. The number of amides is 3. The SMILES string of the molecule is CCOC(=O)N(C(N)=O)c1cccc(Br)c1.